The zero-order chi connectivity index (χ0) is 37.5. The molecule has 4 aromatic rings. The largest absolute Gasteiger partial charge is 0.494 e. The molecule has 0 saturated heterocycles. The van der Waals surface area contributed by atoms with Gasteiger partial charge >= 0.3 is 6.03 Å². The molecule has 0 bridgehead atoms. The maximum absolute atomic E-state index is 13.8. The number of hydrogen-bond acceptors (Lipinski definition) is 7. The fraction of sp³-hybridized carbons (Fsp3) is 0.525. The van der Waals surface area contributed by atoms with Crippen molar-refractivity contribution in [3.63, 3.8) is 0 Å². The van der Waals surface area contributed by atoms with Crippen molar-refractivity contribution >= 4 is 27.1 Å². The number of anilines is 1. The second-order valence-corrected chi connectivity index (χ2v) is 18.8. The lowest BCUT2D eigenvalue weighted by Crippen LogP contribution is -2.37. The second kappa shape index (κ2) is 14.2. The van der Waals surface area contributed by atoms with Crippen LogP contribution in [0.3, 0.4) is 0 Å². The van der Waals surface area contributed by atoms with Crippen LogP contribution >= 0.6 is 0 Å². The Bertz CT molecular complexity index is 1870. The van der Waals surface area contributed by atoms with Gasteiger partial charge < -0.3 is 24.5 Å². The van der Waals surface area contributed by atoms with Crippen molar-refractivity contribution in [2.24, 2.45) is 0 Å². The van der Waals surface area contributed by atoms with Crippen LogP contribution in [0.25, 0.3) is 5.65 Å². The van der Waals surface area contributed by atoms with Crippen molar-refractivity contribution in [1.82, 2.24) is 24.8 Å². The molecule has 0 aliphatic heterocycles. The zero-order valence-electron chi connectivity index (χ0n) is 32.7. The molecular weight excluding hydrogens is 657 g/mol. The number of nitrogens with one attached hydrogen (secondary N) is 2. The van der Waals surface area contributed by atoms with Crippen molar-refractivity contribution in [1.29, 1.82) is 0 Å². The molecule has 0 unspecified atom stereocenters. The van der Waals surface area contributed by atoms with Crippen molar-refractivity contribution in [3.05, 3.63) is 82.8 Å². The first-order valence-electron chi connectivity index (χ1n) is 17.7. The zero-order valence-corrected chi connectivity index (χ0v) is 33.7. The molecule has 51 heavy (non-hydrogen) atoms. The molecule has 5 rings (SSSR count). The lowest BCUT2D eigenvalue weighted by molar-refractivity contribution is 0.106. The number of aromatic nitrogens is 3. The molecule has 274 valence electrons. The first-order valence-corrected chi connectivity index (χ1v) is 18.7. The number of carbonyl (C=O) groups is 1. The molecule has 1 aliphatic carbocycles. The third-order valence-corrected chi connectivity index (χ3v) is 11.0. The number of carbonyl (C=O) groups excluding carboxylic acids is 1. The van der Waals surface area contributed by atoms with Gasteiger partial charge in [-0.25, -0.2) is 4.79 Å². The van der Waals surface area contributed by atoms with Gasteiger partial charge in [0.1, 0.15) is 17.6 Å². The topological polar surface area (TPSA) is 102 Å². The van der Waals surface area contributed by atoms with Crippen molar-refractivity contribution < 1.29 is 18.7 Å². The molecule has 10 nitrogen and oxygen atoms in total. The molecule has 11 heteroatoms. The smallest absolute Gasteiger partial charge is 0.319 e. The fourth-order valence-corrected chi connectivity index (χ4v) is 6.89. The maximum atomic E-state index is 13.8. The minimum Gasteiger partial charge on any atom is -0.494 e. The molecule has 0 saturated carbocycles. The summed E-state index contributed by atoms with van der Waals surface area (Å²) in [6.07, 6.45) is 3.23. The molecule has 2 N–H and O–H groups in total. The van der Waals surface area contributed by atoms with E-state index < -0.39 is 5.60 Å². The van der Waals surface area contributed by atoms with E-state index in [0.717, 1.165) is 45.9 Å². The normalized spacial score (nSPS) is 17.0. The minimum absolute atomic E-state index is 0.0191. The summed E-state index contributed by atoms with van der Waals surface area (Å²) in [5, 5.41) is 15.3. The van der Waals surface area contributed by atoms with Crippen molar-refractivity contribution in [2.45, 2.75) is 116 Å². The predicted octanol–water partition coefficient (Wildman–Crippen LogP) is 8.70. The Balaban J connectivity index is 1.38. The maximum Gasteiger partial charge on any atom is 0.319 e. The predicted molar refractivity (Wildman–Crippen MR) is 205 cm³/mol. The fourth-order valence-electron chi connectivity index (χ4n) is 6.22. The highest BCUT2D eigenvalue weighted by molar-refractivity contribution is 6.31. The standard InChI is InChI=1S/C40H56N6O4Si/c1-37(2,3)25-22-29(40(9,10)50-51-38(4,5)6)34(48-13)31(23-25)42-36(47)41-30-19-20-32(28-17-15-14-16-27(28)30)49-26-18-21-33-43-44-35(46(33)24-26)39(7,8)45(11)12/h14-18,21-24,30,32H,19-20H2,1-13H3,(H2,41,42,47)/t30-,32+/m0/s1. The molecule has 2 heterocycles. The van der Waals surface area contributed by atoms with Gasteiger partial charge in [0.2, 0.25) is 9.76 Å². The minimum atomic E-state index is -0.647. The van der Waals surface area contributed by atoms with Crippen LogP contribution in [-0.4, -0.2) is 56.5 Å². The van der Waals surface area contributed by atoms with Gasteiger partial charge in [0.15, 0.2) is 11.5 Å². The third-order valence-electron chi connectivity index (χ3n) is 9.73. The number of urea groups is 1. The van der Waals surface area contributed by atoms with E-state index in [9.17, 15) is 4.79 Å². The van der Waals surface area contributed by atoms with E-state index in [1.54, 1.807) is 7.11 Å². The quantitative estimate of drug-likeness (QED) is 0.159. The van der Waals surface area contributed by atoms with E-state index in [1.807, 2.05) is 55.0 Å². The summed E-state index contributed by atoms with van der Waals surface area (Å²) in [5.74, 6) is 2.17. The number of nitrogens with zero attached hydrogens (tertiary/aromatic N) is 4. The number of pyridine rings is 1. The molecule has 2 aromatic carbocycles. The first-order chi connectivity index (χ1) is 23.7. The van der Waals surface area contributed by atoms with Gasteiger partial charge in [-0.1, -0.05) is 65.8 Å². The lowest BCUT2D eigenvalue weighted by atomic mass is 9.83. The molecule has 1 aliphatic rings. The summed E-state index contributed by atoms with van der Waals surface area (Å²) in [6.45, 7) is 21.4. The summed E-state index contributed by atoms with van der Waals surface area (Å²) in [5.41, 5.74) is 4.30. The van der Waals surface area contributed by atoms with Gasteiger partial charge in [0.25, 0.3) is 0 Å². The highest BCUT2D eigenvalue weighted by Crippen LogP contribution is 2.43. The molecular formula is C40H56N6O4Si. The monoisotopic (exact) mass is 712 g/mol. The van der Waals surface area contributed by atoms with Gasteiger partial charge in [0.05, 0.1) is 36.2 Å². The Morgan fingerprint density at radius 3 is 2.24 bits per heavy atom. The Labute approximate surface area is 306 Å². The van der Waals surface area contributed by atoms with Crippen LogP contribution in [0.2, 0.25) is 5.04 Å². The average molecular weight is 713 g/mol. The summed E-state index contributed by atoms with van der Waals surface area (Å²) in [6, 6.07) is 15.7. The van der Waals surface area contributed by atoms with Gasteiger partial charge in [0, 0.05) is 5.56 Å². The number of ether oxygens (including phenoxy) is 2. The second-order valence-electron chi connectivity index (χ2n) is 16.9. The van der Waals surface area contributed by atoms with Gasteiger partial charge in [-0.2, -0.15) is 0 Å². The van der Waals surface area contributed by atoms with Gasteiger partial charge in [-0.05, 0) is 106 Å². The van der Waals surface area contributed by atoms with E-state index in [2.05, 4.69) is 113 Å². The van der Waals surface area contributed by atoms with Crippen LogP contribution in [0.15, 0.2) is 54.7 Å². The van der Waals surface area contributed by atoms with Crippen molar-refractivity contribution in [2.75, 3.05) is 26.5 Å². The van der Waals surface area contributed by atoms with E-state index >= 15 is 0 Å². The Morgan fingerprint density at radius 1 is 0.922 bits per heavy atom. The summed E-state index contributed by atoms with van der Waals surface area (Å²) >= 11 is 0. The highest BCUT2D eigenvalue weighted by Gasteiger charge is 2.34. The number of fused-ring (bicyclic) bond motifs is 2. The summed E-state index contributed by atoms with van der Waals surface area (Å²) in [4.78, 5) is 15.9. The number of methoxy groups -OCH3 is 1. The molecule has 2 radical (unpaired) electrons. The van der Waals surface area contributed by atoms with Crippen LogP contribution in [0.1, 0.15) is 122 Å². The molecule has 2 atom stereocenters. The van der Waals surface area contributed by atoms with Crippen LogP contribution in [0.4, 0.5) is 10.5 Å². The van der Waals surface area contributed by atoms with E-state index in [4.69, 9.17) is 13.9 Å². The Kier molecular flexibility index (Phi) is 10.7. The molecule has 0 spiro atoms. The van der Waals surface area contributed by atoms with Crippen molar-refractivity contribution in [3.8, 4) is 11.5 Å². The summed E-state index contributed by atoms with van der Waals surface area (Å²) in [7, 11) is 6.00. The third kappa shape index (κ3) is 8.42. The van der Waals surface area contributed by atoms with E-state index in [-0.39, 0.29) is 43.9 Å². The van der Waals surface area contributed by atoms with Gasteiger partial charge in [-0.3, -0.25) is 9.30 Å². The number of amides is 2. The number of rotatable bonds is 10. The van der Waals surface area contributed by atoms with Crippen LogP contribution in [0.5, 0.6) is 11.5 Å². The van der Waals surface area contributed by atoms with Crippen LogP contribution in [0, 0.1) is 0 Å². The van der Waals surface area contributed by atoms with E-state index in [0.29, 0.717) is 17.9 Å². The number of hydrogen-bond donors (Lipinski definition) is 2. The molecule has 2 amide bonds. The summed E-state index contributed by atoms with van der Waals surface area (Å²) < 4.78 is 21.2. The highest BCUT2D eigenvalue weighted by atomic mass is 28.2. The lowest BCUT2D eigenvalue weighted by Gasteiger charge is -2.34. The Morgan fingerprint density at radius 2 is 1.61 bits per heavy atom. The molecule has 2 aromatic heterocycles. The number of benzene rings is 2. The first kappa shape index (κ1) is 38.3. The molecule has 0 fully saturated rings. The Hall–Kier alpha value is -3.93. The van der Waals surface area contributed by atoms with E-state index in [1.165, 1.54) is 0 Å². The van der Waals surface area contributed by atoms with Crippen LogP contribution < -0.4 is 20.1 Å². The average Bonchev–Trinajstić information content (AvgIpc) is 3.48. The van der Waals surface area contributed by atoms with Gasteiger partial charge in [-0.15, -0.1) is 10.2 Å². The van der Waals surface area contributed by atoms with Crippen LogP contribution in [-0.2, 0) is 21.0 Å². The SMILES string of the molecule is COc1c(NC(=O)N[C@H]2CC[C@@H](Oc3ccc4nnc(C(C)(C)N(C)C)n4c3)c3ccccc32)cc(C(C)(C)C)cc1C(C)(C)O[Si]C(C)(C)C.